The van der Waals surface area contributed by atoms with Gasteiger partial charge in [0.15, 0.2) is 0 Å². The second kappa shape index (κ2) is 6.03. The number of rotatable bonds is 2. The first-order valence-corrected chi connectivity index (χ1v) is 7.16. The Hall–Kier alpha value is -0.910. The number of carbonyl (C=O) groups is 1. The van der Waals surface area contributed by atoms with Crippen LogP contribution in [0.4, 0.5) is 10.1 Å². The van der Waals surface area contributed by atoms with Crippen molar-refractivity contribution in [3.8, 4) is 0 Å². The third-order valence-electron chi connectivity index (χ3n) is 2.37. The zero-order chi connectivity index (χ0) is 14.0. The zero-order valence-corrected chi connectivity index (χ0v) is 13.3. The van der Waals surface area contributed by atoms with Crippen LogP contribution < -0.4 is 5.32 Å². The minimum absolute atomic E-state index is 0.312. The molecule has 98 valence electrons. The molecular weight excluding hydrogens is 400 g/mol. The van der Waals surface area contributed by atoms with Gasteiger partial charge in [0.25, 0.3) is 5.91 Å². The van der Waals surface area contributed by atoms with Crippen molar-refractivity contribution >= 4 is 55.1 Å². The van der Waals surface area contributed by atoms with Crippen molar-refractivity contribution in [2.75, 3.05) is 5.32 Å². The van der Waals surface area contributed by atoms with Crippen LogP contribution in [0.3, 0.4) is 0 Å². The fourth-order valence-electron chi connectivity index (χ4n) is 1.46. The van der Waals surface area contributed by atoms with E-state index in [1.54, 1.807) is 18.2 Å². The van der Waals surface area contributed by atoms with Gasteiger partial charge in [-0.2, -0.15) is 0 Å². The molecule has 2 nitrogen and oxygen atoms in total. The molecule has 2 aromatic rings. The fourth-order valence-corrected chi connectivity index (χ4v) is 2.39. The van der Waals surface area contributed by atoms with Crippen molar-refractivity contribution in [3.63, 3.8) is 0 Å². The summed E-state index contributed by atoms with van der Waals surface area (Å²) in [5.74, 6) is -0.837. The van der Waals surface area contributed by atoms with E-state index in [0.717, 1.165) is 0 Å². The normalized spacial score (nSPS) is 10.3. The summed E-state index contributed by atoms with van der Waals surface area (Å²) in [6, 6.07) is 9.07. The SMILES string of the molecule is O=C(Nc1cc(F)ccc1Br)c1cccc(Br)c1Cl. The van der Waals surface area contributed by atoms with Gasteiger partial charge < -0.3 is 5.32 Å². The highest BCUT2D eigenvalue weighted by Gasteiger charge is 2.14. The molecule has 0 saturated heterocycles. The van der Waals surface area contributed by atoms with Crippen molar-refractivity contribution < 1.29 is 9.18 Å². The molecule has 0 unspecified atom stereocenters. The Morgan fingerprint density at radius 3 is 2.63 bits per heavy atom. The quantitative estimate of drug-likeness (QED) is 0.723. The number of benzene rings is 2. The van der Waals surface area contributed by atoms with Gasteiger partial charge in [-0.15, -0.1) is 0 Å². The van der Waals surface area contributed by atoms with Gasteiger partial charge >= 0.3 is 0 Å². The van der Waals surface area contributed by atoms with Crippen molar-refractivity contribution in [3.05, 3.63) is 61.7 Å². The van der Waals surface area contributed by atoms with Crippen LogP contribution in [0, 0.1) is 5.82 Å². The summed E-state index contributed by atoms with van der Waals surface area (Å²) in [6.07, 6.45) is 0. The van der Waals surface area contributed by atoms with E-state index in [1.807, 2.05) is 0 Å². The molecule has 0 spiro atoms. The van der Waals surface area contributed by atoms with E-state index in [9.17, 15) is 9.18 Å². The van der Waals surface area contributed by atoms with Crippen molar-refractivity contribution in [2.45, 2.75) is 0 Å². The van der Waals surface area contributed by atoms with Crippen molar-refractivity contribution in [2.24, 2.45) is 0 Å². The second-order valence-electron chi connectivity index (χ2n) is 3.68. The van der Waals surface area contributed by atoms with Crippen LogP contribution in [-0.4, -0.2) is 5.91 Å². The van der Waals surface area contributed by atoms with Gasteiger partial charge in [0, 0.05) is 8.95 Å². The number of nitrogens with one attached hydrogen (secondary N) is 1. The zero-order valence-electron chi connectivity index (χ0n) is 9.38. The third-order valence-corrected chi connectivity index (χ3v) is 4.36. The molecule has 0 bridgehead atoms. The molecule has 0 aromatic heterocycles. The van der Waals surface area contributed by atoms with E-state index in [2.05, 4.69) is 37.2 Å². The number of hydrogen-bond donors (Lipinski definition) is 1. The molecule has 0 heterocycles. The molecule has 0 fully saturated rings. The predicted molar refractivity (Wildman–Crippen MR) is 81.2 cm³/mol. The summed E-state index contributed by atoms with van der Waals surface area (Å²) in [5.41, 5.74) is 0.660. The highest BCUT2D eigenvalue weighted by molar-refractivity contribution is 9.11. The highest BCUT2D eigenvalue weighted by atomic mass is 79.9. The van der Waals surface area contributed by atoms with Gasteiger partial charge in [0.1, 0.15) is 5.82 Å². The smallest absolute Gasteiger partial charge is 0.257 e. The maximum absolute atomic E-state index is 13.1. The largest absolute Gasteiger partial charge is 0.321 e. The third kappa shape index (κ3) is 3.35. The summed E-state index contributed by atoms with van der Waals surface area (Å²) in [6.45, 7) is 0. The Bertz CT molecular complexity index is 649. The van der Waals surface area contributed by atoms with Crippen LogP contribution >= 0.6 is 43.5 Å². The summed E-state index contributed by atoms with van der Waals surface area (Å²) in [4.78, 5) is 12.1. The molecule has 2 rings (SSSR count). The molecule has 1 N–H and O–H groups in total. The predicted octanol–water partition coefficient (Wildman–Crippen LogP) is 5.26. The number of halogens is 4. The van der Waals surface area contributed by atoms with E-state index >= 15 is 0 Å². The van der Waals surface area contributed by atoms with E-state index in [4.69, 9.17) is 11.6 Å². The molecule has 19 heavy (non-hydrogen) atoms. The maximum Gasteiger partial charge on any atom is 0.257 e. The van der Waals surface area contributed by atoms with Crippen LogP contribution in [-0.2, 0) is 0 Å². The highest BCUT2D eigenvalue weighted by Crippen LogP contribution is 2.28. The molecule has 0 aliphatic rings. The molecule has 1 amide bonds. The lowest BCUT2D eigenvalue weighted by Crippen LogP contribution is -2.13. The molecule has 0 atom stereocenters. The van der Waals surface area contributed by atoms with Crippen molar-refractivity contribution in [1.82, 2.24) is 0 Å². The molecule has 0 radical (unpaired) electrons. The Morgan fingerprint density at radius 1 is 1.16 bits per heavy atom. The topological polar surface area (TPSA) is 29.1 Å². The number of amides is 1. The average Bonchev–Trinajstić information content (AvgIpc) is 2.37. The summed E-state index contributed by atoms with van der Waals surface area (Å²) < 4.78 is 14.4. The molecular formula is C13H7Br2ClFNO. The minimum Gasteiger partial charge on any atom is -0.321 e. The van der Waals surface area contributed by atoms with Gasteiger partial charge in [-0.05, 0) is 62.2 Å². The van der Waals surface area contributed by atoms with Crippen LogP contribution in [0.25, 0.3) is 0 Å². The van der Waals surface area contributed by atoms with Crippen molar-refractivity contribution in [1.29, 1.82) is 0 Å². The van der Waals surface area contributed by atoms with Gasteiger partial charge in [-0.25, -0.2) is 4.39 Å². The van der Waals surface area contributed by atoms with Gasteiger partial charge in [-0.3, -0.25) is 4.79 Å². The number of hydrogen-bond acceptors (Lipinski definition) is 1. The number of anilines is 1. The Balaban J connectivity index is 2.31. The molecule has 2 aromatic carbocycles. The molecule has 0 aliphatic carbocycles. The second-order valence-corrected chi connectivity index (χ2v) is 5.77. The Kier molecular flexibility index (Phi) is 4.60. The maximum atomic E-state index is 13.1. The number of carbonyl (C=O) groups excluding carboxylic acids is 1. The summed E-state index contributed by atoms with van der Waals surface area (Å²) >= 11 is 12.5. The first kappa shape index (κ1) is 14.5. The minimum atomic E-state index is -0.432. The van der Waals surface area contributed by atoms with Gasteiger partial charge in [0.2, 0.25) is 0 Å². The Morgan fingerprint density at radius 2 is 1.89 bits per heavy atom. The van der Waals surface area contributed by atoms with Gasteiger partial charge in [0.05, 0.1) is 16.3 Å². The Labute approximate surface area is 131 Å². The standard InChI is InChI=1S/C13H7Br2ClFNO/c14-9-5-4-7(17)6-11(9)18-13(19)8-2-1-3-10(15)12(8)16/h1-6H,(H,18,19). The fraction of sp³-hybridized carbons (Fsp3) is 0. The molecule has 0 saturated carbocycles. The monoisotopic (exact) mass is 405 g/mol. The molecule has 0 aliphatic heterocycles. The summed E-state index contributed by atoms with van der Waals surface area (Å²) in [5, 5.41) is 2.92. The van der Waals surface area contributed by atoms with E-state index in [-0.39, 0.29) is 0 Å². The van der Waals surface area contributed by atoms with E-state index in [0.29, 0.717) is 25.2 Å². The first-order valence-electron chi connectivity index (χ1n) is 5.19. The van der Waals surface area contributed by atoms with Crippen LogP contribution in [0.1, 0.15) is 10.4 Å². The van der Waals surface area contributed by atoms with Crippen LogP contribution in [0.15, 0.2) is 45.3 Å². The van der Waals surface area contributed by atoms with E-state index < -0.39 is 11.7 Å². The first-order chi connectivity index (χ1) is 8.99. The van der Waals surface area contributed by atoms with E-state index in [1.165, 1.54) is 18.2 Å². The molecule has 6 heteroatoms. The average molecular weight is 407 g/mol. The van der Waals surface area contributed by atoms with Crippen LogP contribution in [0.2, 0.25) is 5.02 Å². The lowest BCUT2D eigenvalue weighted by atomic mass is 10.2. The van der Waals surface area contributed by atoms with Gasteiger partial charge in [-0.1, -0.05) is 17.7 Å². The lowest BCUT2D eigenvalue weighted by Gasteiger charge is -2.09. The summed E-state index contributed by atoms with van der Waals surface area (Å²) in [7, 11) is 0. The lowest BCUT2D eigenvalue weighted by molar-refractivity contribution is 0.102. The van der Waals surface area contributed by atoms with Crippen LogP contribution in [0.5, 0.6) is 0 Å².